The number of fused-ring (bicyclic) bond motifs is 1. The molecule has 0 bridgehead atoms. The van der Waals surface area contributed by atoms with Crippen LogP contribution in [-0.2, 0) is 12.8 Å². The molecule has 0 N–H and O–H groups in total. The van der Waals surface area contributed by atoms with Gasteiger partial charge in [0.15, 0.2) is 0 Å². The van der Waals surface area contributed by atoms with Crippen molar-refractivity contribution in [1.29, 1.82) is 5.26 Å². The van der Waals surface area contributed by atoms with Crippen LogP contribution in [0.25, 0.3) is 11.3 Å². The normalized spacial score (nSPS) is 13.7. The van der Waals surface area contributed by atoms with Crippen LogP contribution in [0.1, 0.15) is 29.8 Å². The minimum Gasteiger partial charge on any atom is -0.227 e. The van der Waals surface area contributed by atoms with Crippen molar-refractivity contribution in [2.24, 2.45) is 0 Å². The Hall–Kier alpha value is -2.21. The molecule has 0 fully saturated rings. The Kier molecular flexibility index (Phi) is 2.77. The van der Waals surface area contributed by atoms with Crippen LogP contribution >= 0.6 is 0 Å². The van der Waals surface area contributed by atoms with E-state index >= 15 is 0 Å². The Labute approximate surface area is 106 Å². The Bertz CT molecular complexity index is 626. The molecular formula is C15H13N3. The second-order valence-electron chi connectivity index (χ2n) is 4.57. The summed E-state index contributed by atoms with van der Waals surface area (Å²) in [5, 5.41) is 8.83. The highest BCUT2D eigenvalue weighted by atomic mass is 14.9. The van der Waals surface area contributed by atoms with E-state index in [9.17, 15) is 0 Å². The number of nitrogens with zero attached hydrogens (tertiary/aromatic N) is 3. The van der Waals surface area contributed by atoms with E-state index in [-0.39, 0.29) is 5.82 Å². The predicted octanol–water partition coefficient (Wildman–Crippen LogP) is 2.89. The second-order valence-corrected chi connectivity index (χ2v) is 4.57. The van der Waals surface area contributed by atoms with E-state index in [2.05, 4.69) is 28.2 Å². The van der Waals surface area contributed by atoms with E-state index in [1.54, 1.807) is 6.20 Å². The highest BCUT2D eigenvalue weighted by Crippen LogP contribution is 2.26. The molecule has 2 aromatic rings. The summed E-state index contributed by atoms with van der Waals surface area (Å²) >= 11 is 0. The van der Waals surface area contributed by atoms with Gasteiger partial charge in [0.1, 0.15) is 6.07 Å². The first-order valence-corrected chi connectivity index (χ1v) is 6.22. The summed E-state index contributed by atoms with van der Waals surface area (Å²) in [5.41, 5.74) is 4.79. The van der Waals surface area contributed by atoms with Crippen molar-refractivity contribution < 1.29 is 0 Å². The molecule has 0 unspecified atom stereocenters. The monoisotopic (exact) mass is 235 g/mol. The molecule has 0 saturated heterocycles. The number of hydrogen-bond donors (Lipinski definition) is 0. The molecule has 1 aromatic heterocycles. The van der Waals surface area contributed by atoms with E-state index in [0.717, 1.165) is 17.7 Å². The first-order valence-electron chi connectivity index (χ1n) is 6.22. The van der Waals surface area contributed by atoms with Gasteiger partial charge >= 0.3 is 0 Å². The van der Waals surface area contributed by atoms with Gasteiger partial charge < -0.3 is 0 Å². The Morgan fingerprint density at radius 2 is 1.89 bits per heavy atom. The largest absolute Gasteiger partial charge is 0.232 e. The lowest BCUT2D eigenvalue weighted by molar-refractivity contribution is 0.686. The average Bonchev–Trinajstić information content (AvgIpc) is 2.47. The topological polar surface area (TPSA) is 49.6 Å². The van der Waals surface area contributed by atoms with Crippen LogP contribution in [0.5, 0.6) is 0 Å². The number of aryl methyl sites for hydroxylation is 2. The van der Waals surface area contributed by atoms with E-state index in [1.165, 1.54) is 30.4 Å². The zero-order chi connectivity index (χ0) is 12.4. The molecule has 88 valence electrons. The summed E-state index contributed by atoms with van der Waals surface area (Å²) in [6.45, 7) is 0. The molecule has 3 nitrogen and oxygen atoms in total. The van der Waals surface area contributed by atoms with Crippen LogP contribution in [-0.4, -0.2) is 9.97 Å². The molecule has 0 saturated carbocycles. The Morgan fingerprint density at radius 3 is 2.72 bits per heavy atom. The van der Waals surface area contributed by atoms with Crippen LogP contribution < -0.4 is 0 Å². The fourth-order valence-electron chi connectivity index (χ4n) is 2.47. The summed E-state index contributed by atoms with van der Waals surface area (Å²) in [4.78, 5) is 8.14. The van der Waals surface area contributed by atoms with Gasteiger partial charge in [0.05, 0.1) is 5.69 Å². The summed E-state index contributed by atoms with van der Waals surface area (Å²) in [6.07, 6.45) is 6.53. The Balaban J connectivity index is 2.04. The van der Waals surface area contributed by atoms with Crippen LogP contribution in [0.2, 0.25) is 0 Å². The highest BCUT2D eigenvalue weighted by Gasteiger charge is 2.10. The van der Waals surface area contributed by atoms with Gasteiger partial charge in [0, 0.05) is 11.8 Å². The van der Waals surface area contributed by atoms with Crippen LogP contribution in [0, 0.1) is 11.3 Å². The fourth-order valence-corrected chi connectivity index (χ4v) is 2.47. The third kappa shape index (κ3) is 1.98. The molecule has 1 heterocycles. The number of rotatable bonds is 1. The first-order chi connectivity index (χ1) is 8.86. The van der Waals surface area contributed by atoms with Crippen LogP contribution in [0.15, 0.2) is 30.5 Å². The van der Waals surface area contributed by atoms with Crippen molar-refractivity contribution in [3.63, 3.8) is 0 Å². The highest BCUT2D eigenvalue weighted by molar-refractivity contribution is 5.61. The molecule has 1 aliphatic rings. The minimum atomic E-state index is 0.227. The summed E-state index contributed by atoms with van der Waals surface area (Å²) in [6, 6.07) is 10.3. The molecule has 0 radical (unpaired) electrons. The van der Waals surface area contributed by atoms with Gasteiger partial charge in [-0.2, -0.15) is 5.26 Å². The molecule has 1 aliphatic carbocycles. The van der Waals surface area contributed by atoms with Crippen molar-refractivity contribution in [1.82, 2.24) is 9.97 Å². The van der Waals surface area contributed by atoms with Gasteiger partial charge in [-0.1, -0.05) is 12.1 Å². The predicted molar refractivity (Wildman–Crippen MR) is 68.8 cm³/mol. The zero-order valence-electron chi connectivity index (χ0n) is 10.1. The maximum absolute atomic E-state index is 8.83. The standard InChI is InChI=1S/C15H13N3/c16-10-15-17-8-7-14(18-15)13-6-5-11-3-1-2-4-12(11)9-13/h5-9H,1-4H2. The smallest absolute Gasteiger partial charge is 0.227 e. The SMILES string of the molecule is N#Cc1nccc(-c2ccc3c(c2)CCCC3)n1. The molecule has 0 aliphatic heterocycles. The maximum Gasteiger partial charge on any atom is 0.232 e. The van der Waals surface area contributed by atoms with E-state index in [0.29, 0.717) is 0 Å². The molecule has 3 heteroatoms. The molecule has 18 heavy (non-hydrogen) atoms. The van der Waals surface area contributed by atoms with Gasteiger partial charge in [0.2, 0.25) is 5.82 Å². The quantitative estimate of drug-likeness (QED) is 0.763. The van der Waals surface area contributed by atoms with Crippen LogP contribution in [0.3, 0.4) is 0 Å². The van der Waals surface area contributed by atoms with Gasteiger partial charge in [-0.3, -0.25) is 0 Å². The molecule has 0 amide bonds. The van der Waals surface area contributed by atoms with Crippen molar-refractivity contribution in [2.45, 2.75) is 25.7 Å². The van der Waals surface area contributed by atoms with Crippen LogP contribution in [0.4, 0.5) is 0 Å². The average molecular weight is 235 g/mol. The van der Waals surface area contributed by atoms with E-state index in [4.69, 9.17) is 5.26 Å². The fraction of sp³-hybridized carbons (Fsp3) is 0.267. The summed E-state index contributed by atoms with van der Waals surface area (Å²) < 4.78 is 0. The molecule has 3 rings (SSSR count). The number of hydrogen-bond acceptors (Lipinski definition) is 3. The van der Waals surface area contributed by atoms with Gasteiger partial charge in [-0.15, -0.1) is 0 Å². The lowest BCUT2D eigenvalue weighted by Crippen LogP contribution is -2.02. The van der Waals surface area contributed by atoms with Crippen molar-refractivity contribution >= 4 is 0 Å². The number of aromatic nitrogens is 2. The molecular weight excluding hydrogens is 222 g/mol. The lowest BCUT2D eigenvalue weighted by Gasteiger charge is -2.16. The maximum atomic E-state index is 8.83. The molecule has 0 spiro atoms. The third-order valence-corrected chi connectivity index (χ3v) is 3.40. The molecule has 0 atom stereocenters. The van der Waals surface area contributed by atoms with Crippen molar-refractivity contribution in [3.05, 3.63) is 47.4 Å². The van der Waals surface area contributed by atoms with Gasteiger partial charge in [0.25, 0.3) is 0 Å². The summed E-state index contributed by atoms with van der Waals surface area (Å²) in [7, 11) is 0. The van der Waals surface area contributed by atoms with Gasteiger partial charge in [-0.05, 0) is 48.9 Å². The van der Waals surface area contributed by atoms with E-state index in [1.807, 2.05) is 12.1 Å². The van der Waals surface area contributed by atoms with E-state index < -0.39 is 0 Å². The van der Waals surface area contributed by atoms with Gasteiger partial charge in [-0.25, -0.2) is 9.97 Å². The zero-order valence-corrected chi connectivity index (χ0v) is 10.1. The second kappa shape index (κ2) is 4.58. The Morgan fingerprint density at radius 1 is 1.06 bits per heavy atom. The summed E-state index contributed by atoms with van der Waals surface area (Å²) in [5.74, 6) is 0.227. The van der Waals surface area contributed by atoms with Crippen molar-refractivity contribution in [3.8, 4) is 17.3 Å². The number of benzene rings is 1. The first kappa shape index (κ1) is 10.9. The minimum absolute atomic E-state index is 0.227. The number of nitriles is 1. The van der Waals surface area contributed by atoms with Crippen molar-refractivity contribution in [2.75, 3.05) is 0 Å². The third-order valence-electron chi connectivity index (χ3n) is 3.40. The molecule has 1 aromatic carbocycles. The lowest BCUT2D eigenvalue weighted by atomic mass is 9.90.